The Labute approximate surface area is 124 Å². The molecule has 1 atom stereocenters. The predicted octanol–water partition coefficient (Wildman–Crippen LogP) is -0.627. The molecule has 0 aromatic rings. The first-order valence-corrected chi connectivity index (χ1v) is 7.42. The van der Waals surface area contributed by atoms with Gasteiger partial charge in [0.1, 0.15) is 6.04 Å². The molecule has 2 heterocycles. The van der Waals surface area contributed by atoms with Gasteiger partial charge in [0.15, 0.2) is 0 Å². The summed E-state index contributed by atoms with van der Waals surface area (Å²) in [5, 5.41) is 8.90. The molecule has 3 amide bonds. The molecule has 0 aliphatic carbocycles. The zero-order valence-corrected chi connectivity index (χ0v) is 12.2. The van der Waals surface area contributed by atoms with Gasteiger partial charge < -0.3 is 25.5 Å². The van der Waals surface area contributed by atoms with Crippen molar-refractivity contribution in [2.24, 2.45) is 11.7 Å². The zero-order valence-electron chi connectivity index (χ0n) is 12.2. The largest absolute Gasteiger partial charge is 0.378 e. The van der Waals surface area contributed by atoms with Crippen molar-refractivity contribution in [1.29, 1.82) is 0 Å². The number of primary amides is 1. The van der Waals surface area contributed by atoms with Crippen LogP contribution in [0.25, 0.3) is 0 Å². The average Bonchev–Trinajstić information content (AvgIpc) is 2.53. The third-order valence-electron chi connectivity index (χ3n) is 4.23. The Balaban J connectivity index is 1.77. The van der Waals surface area contributed by atoms with Gasteiger partial charge in [0.2, 0.25) is 5.91 Å². The van der Waals surface area contributed by atoms with E-state index in [0.29, 0.717) is 45.8 Å². The summed E-state index contributed by atoms with van der Waals surface area (Å²) in [6.45, 7) is 3.86. The standard InChI is InChI=1S/C13H24N4O4/c14-12(18)11(15-20)9-10-1-3-16(4-2-10)13(19)17-5-7-21-8-6-17/h10-11,15,20H,1-9H2,(H2,14,18). The van der Waals surface area contributed by atoms with Crippen molar-refractivity contribution in [3.63, 3.8) is 0 Å². The first-order valence-electron chi connectivity index (χ1n) is 7.42. The average molecular weight is 300 g/mol. The molecule has 2 aliphatic heterocycles. The van der Waals surface area contributed by atoms with Crippen LogP contribution in [0.5, 0.6) is 0 Å². The smallest absolute Gasteiger partial charge is 0.320 e. The van der Waals surface area contributed by atoms with Crippen LogP contribution in [-0.4, -0.2) is 72.4 Å². The molecule has 120 valence electrons. The highest BCUT2D eigenvalue weighted by Gasteiger charge is 2.29. The third kappa shape index (κ3) is 4.29. The second-order valence-electron chi connectivity index (χ2n) is 5.63. The number of amides is 3. The van der Waals surface area contributed by atoms with Crippen molar-refractivity contribution in [3.8, 4) is 0 Å². The Kier molecular flexibility index (Phi) is 5.77. The molecule has 0 radical (unpaired) electrons. The lowest BCUT2D eigenvalue weighted by Gasteiger charge is -2.37. The lowest BCUT2D eigenvalue weighted by Crippen LogP contribution is -2.51. The number of nitrogens with zero attached hydrogens (tertiary/aromatic N) is 2. The fourth-order valence-corrected chi connectivity index (χ4v) is 2.88. The minimum Gasteiger partial charge on any atom is -0.378 e. The number of hydrogen-bond acceptors (Lipinski definition) is 5. The van der Waals surface area contributed by atoms with Crippen LogP contribution in [0.4, 0.5) is 4.79 Å². The van der Waals surface area contributed by atoms with Crippen LogP contribution in [0.15, 0.2) is 0 Å². The molecule has 4 N–H and O–H groups in total. The second kappa shape index (κ2) is 7.58. The van der Waals surface area contributed by atoms with E-state index in [9.17, 15) is 9.59 Å². The Morgan fingerprint density at radius 3 is 2.29 bits per heavy atom. The Morgan fingerprint density at radius 1 is 1.19 bits per heavy atom. The Hall–Kier alpha value is -1.38. The van der Waals surface area contributed by atoms with E-state index in [0.717, 1.165) is 12.8 Å². The molecule has 0 aromatic heterocycles. The summed E-state index contributed by atoms with van der Waals surface area (Å²) >= 11 is 0. The third-order valence-corrected chi connectivity index (χ3v) is 4.23. The number of likely N-dealkylation sites (tertiary alicyclic amines) is 1. The molecule has 0 saturated carbocycles. The minimum absolute atomic E-state index is 0.0727. The van der Waals surface area contributed by atoms with Crippen LogP contribution >= 0.6 is 0 Å². The zero-order chi connectivity index (χ0) is 15.2. The Bertz CT molecular complexity index is 365. The molecule has 0 bridgehead atoms. The number of nitrogens with one attached hydrogen (secondary N) is 1. The molecule has 2 rings (SSSR count). The number of piperidine rings is 1. The van der Waals surface area contributed by atoms with Crippen molar-refractivity contribution in [2.75, 3.05) is 39.4 Å². The minimum atomic E-state index is -0.712. The lowest BCUT2D eigenvalue weighted by molar-refractivity contribution is -0.123. The maximum atomic E-state index is 12.3. The summed E-state index contributed by atoms with van der Waals surface area (Å²) in [7, 11) is 0. The maximum Gasteiger partial charge on any atom is 0.320 e. The maximum absolute atomic E-state index is 12.3. The summed E-state index contributed by atoms with van der Waals surface area (Å²) in [5.41, 5.74) is 7.15. The van der Waals surface area contributed by atoms with Crippen LogP contribution in [0.1, 0.15) is 19.3 Å². The van der Waals surface area contributed by atoms with Gasteiger partial charge in [0.25, 0.3) is 0 Å². The SMILES string of the molecule is NC(=O)C(CC1CCN(C(=O)N2CCOCC2)CC1)NO. The van der Waals surface area contributed by atoms with Gasteiger partial charge in [-0.3, -0.25) is 4.79 Å². The predicted molar refractivity (Wildman–Crippen MR) is 74.6 cm³/mol. The molecule has 0 spiro atoms. The van der Waals surface area contributed by atoms with Crippen molar-refractivity contribution in [1.82, 2.24) is 15.3 Å². The van der Waals surface area contributed by atoms with Gasteiger partial charge in [-0.25, -0.2) is 4.79 Å². The van der Waals surface area contributed by atoms with Crippen LogP contribution in [0, 0.1) is 5.92 Å². The molecular weight excluding hydrogens is 276 g/mol. The van der Waals surface area contributed by atoms with Gasteiger partial charge in [0.05, 0.1) is 13.2 Å². The van der Waals surface area contributed by atoms with Crippen LogP contribution < -0.4 is 11.2 Å². The molecule has 2 fully saturated rings. The van der Waals surface area contributed by atoms with E-state index in [-0.39, 0.29) is 11.9 Å². The molecule has 8 heteroatoms. The number of urea groups is 1. The van der Waals surface area contributed by atoms with Crippen molar-refractivity contribution >= 4 is 11.9 Å². The van der Waals surface area contributed by atoms with Crippen LogP contribution in [-0.2, 0) is 9.53 Å². The van der Waals surface area contributed by atoms with Crippen LogP contribution in [0.2, 0.25) is 0 Å². The van der Waals surface area contributed by atoms with Crippen molar-refractivity contribution in [3.05, 3.63) is 0 Å². The van der Waals surface area contributed by atoms with Gasteiger partial charge >= 0.3 is 6.03 Å². The number of rotatable bonds is 4. The number of nitrogens with two attached hydrogens (primary N) is 1. The number of hydrogen-bond donors (Lipinski definition) is 3. The monoisotopic (exact) mass is 300 g/mol. The van der Waals surface area contributed by atoms with E-state index in [1.165, 1.54) is 0 Å². The topological polar surface area (TPSA) is 108 Å². The van der Waals surface area contributed by atoms with Crippen molar-refractivity contribution in [2.45, 2.75) is 25.3 Å². The summed E-state index contributed by atoms with van der Waals surface area (Å²) < 4.78 is 5.25. The molecule has 1 unspecified atom stereocenters. The molecule has 2 saturated heterocycles. The highest BCUT2D eigenvalue weighted by molar-refractivity contribution is 5.79. The van der Waals surface area contributed by atoms with E-state index in [2.05, 4.69) is 0 Å². The quantitative estimate of drug-likeness (QED) is 0.599. The van der Waals surface area contributed by atoms with Gasteiger partial charge in [-0.1, -0.05) is 0 Å². The number of carbonyl (C=O) groups excluding carboxylic acids is 2. The molecule has 21 heavy (non-hydrogen) atoms. The highest BCUT2D eigenvalue weighted by atomic mass is 16.5. The van der Waals surface area contributed by atoms with Crippen LogP contribution in [0.3, 0.4) is 0 Å². The van der Waals surface area contributed by atoms with E-state index >= 15 is 0 Å². The Morgan fingerprint density at radius 2 is 1.76 bits per heavy atom. The van der Waals surface area contributed by atoms with Gasteiger partial charge in [-0.05, 0) is 25.2 Å². The first kappa shape index (κ1) is 16.0. The number of ether oxygens (including phenoxy) is 1. The lowest BCUT2D eigenvalue weighted by atomic mass is 9.90. The molecule has 0 aromatic carbocycles. The van der Waals surface area contributed by atoms with E-state index in [4.69, 9.17) is 15.7 Å². The summed E-state index contributed by atoms with van der Waals surface area (Å²) in [5.74, 6) is -0.264. The van der Waals surface area contributed by atoms with Gasteiger partial charge in [-0.15, -0.1) is 0 Å². The van der Waals surface area contributed by atoms with E-state index < -0.39 is 11.9 Å². The van der Waals surface area contributed by atoms with Crippen molar-refractivity contribution < 1.29 is 19.5 Å². The summed E-state index contributed by atoms with van der Waals surface area (Å²) in [4.78, 5) is 27.1. The molecule has 2 aliphatic rings. The van der Waals surface area contributed by atoms with Gasteiger partial charge in [-0.2, -0.15) is 5.48 Å². The van der Waals surface area contributed by atoms with E-state index in [1.807, 2.05) is 15.3 Å². The first-order chi connectivity index (χ1) is 10.1. The molecular formula is C13H24N4O4. The summed E-state index contributed by atoms with van der Waals surface area (Å²) in [6, 6.07) is -0.639. The number of hydroxylamine groups is 1. The normalized spacial score (nSPS) is 22.1. The highest BCUT2D eigenvalue weighted by Crippen LogP contribution is 2.23. The summed E-state index contributed by atoms with van der Waals surface area (Å²) in [6.07, 6.45) is 2.15. The van der Waals surface area contributed by atoms with E-state index in [1.54, 1.807) is 0 Å². The fourth-order valence-electron chi connectivity index (χ4n) is 2.88. The molecule has 8 nitrogen and oxygen atoms in total. The number of carbonyl (C=O) groups is 2. The number of morpholine rings is 1. The van der Waals surface area contributed by atoms with Gasteiger partial charge in [0, 0.05) is 26.2 Å². The fraction of sp³-hybridized carbons (Fsp3) is 0.846. The second-order valence-corrected chi connectivity index (χ2v) is 5.63.